The maximum atomic E-state index is 4.45. The molecule has 0 aliphatic rings. The lowest BCUT2D eigenvalue weighted by molar-refractivity contribution is 0.746. The molecule has 0 bridgehead atoms. The minimum atomic E-state index is 0.362. The predicted octanol–water partition coefficient (Wildman–Crippen LogP) is 2.70. The summed E-state index contributed by atoms with van der Waals surface area (Å²) in [6, 6.07) is 0. The van der Waals surface area contributed by atoms with Crippen molar-refractivity contribution in [1.82, 2.24) is 19.1 Å². The van der Waals surface area contributed by atoms with Gasteiger partial charge in [0.2, 0.25) is 5.13 Å². The van der Waals surface area contributed by atoms with Gasteiger partial charge >= 0.3 is 0 Å². The highest BCUT2D eigenvalue weighted by molar-refractivity contribution is 7.09. The minimum absolute atomic E-state index is 0.362. The number of anilines is 2. The Morgan fingerprint density at radius 1 is 1.47 bits per heavy atom. The van der Waals surface area contributed by atoms with Crippen molar-refractivity contribution in [2.75, 3.05) is 5.32 Å². The molecule has 2 rings (SSSR count). The van der Waals surface area contributed by atoms with Crippen molar-refractivity contribution in [2.24, 2.45) is 7.05 Å². The summed E-state index contributed by atoms with van der Waals surface area (Å²) >= 11 is 1.39. The molecule has 0 radical (unpaired) electrons. The lowest BCUT2D eigenvalue weighted by Gasteiger charge is -2.00. The molecule has 5 nitrogen and oxygen atoms in total. The number of nitrogens with one attached hydrogen (secondary N) is 1. The summed E-state index contributed by atoms with van der Waals surface area (Å²) in [5, 5.41) is 8.49. The first-order chi connectivity index (χ1) is 8.10. The number of nitrogens with zero attached hydrogens (tertiary/aromatic N) is 4. The Kier molecular flexibility index (Phi) is 3.42. The highest BCUT2D eigenvalue weighted by Crippen LogP contribution is 2.23. The van der Waals surface area contributed by atoms with Crippen molar-refractivity contribution in [3.63, 3.8) is 0 Å². The molecule has 0 saturated carbocycles. The quantitative estimate of drug-likeness (QED) is 0.907. The maximum absolute atomic E-state index is 4.45. The van der Waals surface area contributed by atoms with E-state index in [2.05, 4.69) is 40.5 Å². The van der Waals surface area contributed by atoms with Crippen molar-refractivity contribution in [2.45, 2.75) is 33.1 Å². The van der Waals surface area contributed by atoms with Crippen LogP contribution in [0.15, 0.2) is 6.20 Å². The highest BCUT2D eigenvalue weighted by Gasteiger charge is 2.10. The van der Waals surface area contributed by atoms with Gasteiger partial charge in [-0.2, -0.15) is 9.47 Å². The Hall–Kier alpha value is -1.43. The highest BCUT2D eigenvalue weighted by atomic mass is 32.1. The van der Waals surface area contributed by atoms with Gasteiger partial charge in [0.25, 0.3) is 0 Å². The third-order valence-electron chi connectivity index (χ3n) is 2.44. The summed E-state index contributed by atoms with van der Waals surface area (Å²) < 4.78 is 6.13. The normalized spacial score (nSPS) is 11.1. The fourth-order valence-corrected chi connectivity index (χ4v) is 2.26. The lowest BCUT2D eigenvalue weighted by atomic mass is 10.2. The molecular formula is C11H17N5S. The van der Waals surface area contributed by atoms with E-state index < -0.39 is 0 Å². The Labute approximate surface area is 105 Å². The number of hydrogen-bond acceptors (Lipinski definition) is 5. The molecule has 0 unspecified atom stereocenters. The second-order valence-electron chi connectivity index (χ2n) is 4.25. The van der Waals surface area contributed by atoms with Crippen molar-refractivity contribution >= 4 is 22.4 Å². The van der Waals surface area contributed by atoms with Crippen LogP contribution >= 0.6 is 11.5 Å². The van der Waals surface area contributed by atoms with E-state index in [0.717, 1.165) is 28.8 Å². The largest absolute Gasteiger partial charge is 0.327 e. The topological polar surface area (TPSA) is 55.6 Å². The molecule has 0 spiro atoms. The van der Waals surface area contributed by atoms with Crippen molar-refractivity contribution < 1.29 is 0 Å². The second kappa shape index (κ2) is 4.83. The first kappa shape index (κ1) is 12.0. The molecule has 2 aromatic heterocycles. The minimum Gasteiger partial charge on any atom is -0.327 e. The van der Waals surface area contributed by atoms with E-state index in [1.54, 1.807) is 0 Å². The average molecular weight is 251 g/mol. The predicted molar refractivity (Wildman–Crippen MR) is 69.9 cm³/mol. The van der Waals surface area contributed by atoms with E-state index in [4.69, 9.17) is 0 Å². The molecule has 0 saturated heterocycles. The molecule has 0 atom stereocenters. The van der Waals surface area contributed by atoms with Gasteiger partial charge in [-0.1, -0.05) is 20.8 Å². The zero-order valence-electron chi connectivity index (χ0n) is 10.6. The summed E-state index contributed by atoms with van der Waals surface area (Å²) in [7, 11) is 1.92. The molecule has 0 amide bonds. The van der Waals surface area contributed by atoms with Gasteiger partial charge in [-0.25, -0.2) is 4.98 Å². The van der Waals surface area contributed by atoms with Crippen LogP contribution in [0.25, 0.3) is 0 Å². The molecule has 2 heterocycles. The van der Waals surface area contributed by atoms with Gasteiger partial charge in [-0.3, -0.25) is 4.68 Å². The molecule has 0 aliphatic carbocycles. The van der Waals surface area contributed by atoms with Crippen LogP contribution < -0.4 is 5.32 Å². The maximum Gasteiger partial charge on any atom is 0.207 e. The number of aryl methyl sites for hydroxylation is 2. The van der Waals surface area contributed by atoms with Gasteiger partial charge in [-0.05, 0) is 6.42 Å². The van der Waals surface area contributed by atoms with Crippen molar-refractivity contribution in [1.29, 1.82) is 0 Å². The summed E-state index contributed by atoms with van der Waals surface area (Å²) in [6.45, 7) is 6.27. The van der Waals surface area contributed by atoms with Gasteiger partial charge < -0.3 is 5.32 Å². The monoisotopic (exact) mass is 251 g/mol. The first-order valence-electron chi connectivity index (χ1n) is 5.73. The fourth-order valence-electron chi connectivity index (χ4n) is 1.54. The van der Waals surface area contributed by atoms with Crippen LogP contribution in [0.1, 0.15) is 38.2 Å². The Bertz CT molecular complexity index is 500. The molecule has 6 heteroatoms. The molecule has 1 N–H and O–H groups in total. The van der Waals surface area contributed by atoms with Crippen LogP contribution in [0.2, 0.25) is 0 Å². The van der Waals surface area contributed by atoms with E-state index in [1.807, 2.05) is 17.9 Å². The molecule has 0 fully saturated rings. The van der Waals surface area contributed by atoms with Crippen molar-refractivity contribution in [3.8, 4) is 0 Å². The van der Waals surface area contributed by atoms with Crippen LogP contribution in [-0.2, 0) is 13.5 Å². The second-order valence-corrected chi connectivity index (χ2v) is 5.01. The standard InChI is InChI=1S/C11H17N5S/c1-5-8-9(6-16(4)14-8)12-11-13-10(7(2)3)15-17-11/h6-7H,5H2,1-4H3,(H,12,13,15). The van der Waals surface area contributed by atoms with Crippen LogP contribution in [0.5, 0.6) is 0 Å². The zero-order chi connectivity index (χ0) is 12.4. The van der Waals surface area contributed by atoms with Crippen molar-refractivity contribution in [3.05, 3.63) is 17.7 Å². The number of aromatic nitrogens is 4. The van der Waals surface area contributed by atoms with Gasteiger partial charge in [0.05, 0.1) is 11.4 Å². The van der Waals surface area contributed by atoms with E-state index in [0.29, 0.717) is 5.92 Å². The van der Waals surface area contributed by atoms with E-state index in [-0.39, 0.29) is 0 Å². The summed E-state index contributed by atoms with van der Waals surface area (Å²) in [5.74, 6) is 1.25. The Morgan fingerprint density at radius 2 is 2.24 bits per heavy atom. The van der Waals surface area contributed by atoms with Gasteiger partial charge in [0.1, 0.15) is 5.82 Å². The third kappa shape index (κ3) is 2.63. The first-order valence-corrected chi connectivity index (χ1v) is 6.50. The van der Waals surface area contributed by atoms with E-state index in [1.165, 1.54) is 11.5 Å². The van der Waals surface area contributed by atoms with Crippen LogP contribution in [0.3, 0.4) is 0 Å². The van der Waals surface area contributed by atoms with Crippen LogP contribution in [0.4, 0.5) is 10.8 Å². The van der Waals surface area contributed by atoms with Crippen LogP contribution in [-0.4, -0.2) is 19.1 Å². The molecule has 0 aliphatic heterocycles. The summed E-state index contributed by atoms with van der Waals surface area (Å²) in [6.07, 6.45) is 2.87. The third-order valence-corrected chi connectivity index (χ3v) is 3.08. The number of hydrogen-bond donors (Lipinski definition) is 1. The molecule has 0 aromatic carbocycles. The lowest BCUT2D eigenvalue weighted by Crippen LogP contribution is -1.94. The zero-order valence-corrected chi connectivity index (χ0v) is 11.4. The fraction of sp³-hybridized carbons (Fsp3) is 0.545. The Morgan fingerprint density at radius 3 is 2.82 bits per heavy atom. The SMILES string of the molecule is CCc1nn(C)cc1Nc1nc(C(C)C)ns1. The number of rotatable bonds is 4. The Balaban J connectivity index is 2.19. The van der Waals surface area contributed by atoms with Crippen LogP contribution in [0, 0.1) is 0 Å². The smallest absolute Gasteiger partial charge is 0.207 e. The average Bonchev–Trinajstić information content (AvgIpc) is 2.86. The molecule has 2 aromatic rings. The van der Waals surface area contributed by atoms with Gasteiger partial charge in [0, 0.05) is 30.7 Å². The van der Waals surface area contributed by atoms with E-state index >= 15 is 0 Å². The molecule has 17 heavy (non-hydrogen) atoms. The molecule has 92 valence electrons. The molecular weight excluding hydrogens is 234 g/mol. The van der Waals surface area contributed by atoms with E-state index in [9.17, 15) is 0 Å². The van der Waals surface area contributed by atoms with Gasteiger partial charge in [0.15, 0.2) is 0 Å². The summed E-state index contributed by atoms with van der Waals surface area (Å²) in [5.41, 5.74) is 2.07. The summed E-state index contributed by atoms with van der Waals surface area (Å²) in [4.78, 5) is 4.45. The van der Waals surface area contributed by atoms with Gasteiger partial charge in [-0.15, -0.1) is 0 Å².